The average Bonchev–Trinajstić information content (AvgIpc) is 3.04. The van der Waals surface area contributed by atoms with E-state index in [9.17, 15) is 0 Å². The fourth-order valence-corrected chi connectivity index (χ4v) is 2.60. The number of nitrogens with one attached hydrogen (secondary N) is 1. The fourth-order valence-electron chi connectivity index (χ4n) is 2.60. The number of oxime groups is 1. The second-order valence-electron chi connectivity index (χ2n) is 5.25. The molecule has 1 fully saturated rings. The molecule has 6 heteroatoms. The molecule has 0 radical (unpaired) electrons. The highest BCUT2D eigenvalue weighted by atomic mass is 16.5. The number of nitrogens with two attached hydrogens (primary N) is 1. The van der Waals surface area contributed by atoms with E-state index < -0.39 is 0 Å². The summed E-state index contributed by atoms with van der Waals surface area (Å²) in [5.41, 5.74) is 7.36. The van der Waals surface area contributed by atoms with Gasteiger partial charge in [0.15, 0.2) is 5.84 Å². The van der Waals surface area contributed by atoms with E-state index in [-0.39, 0.29) is 5.84 Å². The Kier molecular flexibility index (Phi) is 5.83. The van der Waals surface area contributed by atoms with Crippen LogP contribution in [0.5, 0.6) is 5.75 Å². The SMILES string of the molecule is COc1ccc(CNCCN2CCCC2)cc1C(N)=NO. The lowest BCUT2D eigenvalue weighted by Gasteiger charge is -2.15. The molecule has 1 heterocycles. The lowest BCUT2D eigenvalue weighted by molar-refractivity contribution is 0.318. The summed E-state index contributed by atoms with van der Waals surface area (Å²) >= 11 is 0. The third-order valence-electron chi connectivity index (χ3n) is 3.78. The Morgan fingerprint density at radius 2 is 2.19 bits per heavy atom. The molecule has 116 valence electrons. The van der Waals surface area contributed by atoms with Gasteiger partial charge in [0.2, 0.25) is 0 Å². The molecule has 21 heavy (non-hydrogen) atoms. The molecule has 0 aromatic heterocycles. The van der Waals surface area contributed by atoms with Crippen LogP contribution in [0.3, 0.4) is 0 Å². The maximum Gasteiger partial charge on any atom is 0.173 e. The largest absolute Gasteiger partial charge is 0.496 e. The van der Waals surface area contributed by atoms with Crippen molar-refractivity contribution < 1.29 is 9.94 Å². The summed E-state index contributed by atoms with van der Waals surface area (Å²) in [6, 6.07) is 5.71. The molecule has 2 rings (SSSR count). The molecule has 1 saturated heterocycles. The summed E-state index contributed by atoms with van der Waals surface area (Å²) in [6.07, 6.45) is 2.64. The molecule has 0 saturated carbocycles. The van der Waals surface area contributed by atoms with Crippen molar-refractivity contribution in [3.05, 3.63) is 29.3 Å². The van der Waals surface area contributed by atoms with Gasteiger partial charge in [0, 0.05) is 19.6 Å². The van der Waals surface area contributed by atoms with Gasteiger partial charge < -0.3 is 25.9 Å². The maximum atomic E-state index is 8.82. The van der Waals surface area contributed by atoms with Gasteiger partial charge in [0.25, 0.3) is 0 Å². The Morgan fingerprint density at radius 3 is 2.86 bits per heavy atom. The standard InChI is InChI=1S/C15H24N4O2/c1-21-14-5-4-12(10-13(14)15(16)18-20)11-17-6-9-19-7-2-3-8-19/h4-5,10,17,20H,2-3,6-9,11H2,1H3,(H2,16,18). The quantitative estimate of drug-likeness (QED) is 0.229. The molecular formula is C15H24N4O2. The zero-order valence-corrected chi connectivity index (χ0v) is 12.5. The van der Waals surface area contributed by atoms with Gasteiger partial charge in [-0.25, -0.2) is 0 Å². The van der Waals surface area contributed by atoms with E-state index >= 15 is 0 Å². The van der Waals surface area contributed by atoms with E-state index in [4.69, 9.17) is 15.7 Å². The number of amidine groups is 1. The molecule has 6 nitrogen and oxygen atoms in total. The second-order valence-corrected chi connectivity index (χ2v) is 5.25. The molecule has 1 aliphatic rings. The van der Waals surface area contributed by atoms with E-state index in [1.54, 1.807) is 7.11 Å². The Bertz CT molecular complexity index is 485. The minimum Gasteiger partial charge on any atom is -0.496 e. The first-order valence-electron chi connectivity index (χ1n) is 7.32. The van der Waals surface area contributed by atoms with Crippen molar-refractivity contribution in [2.24, 2.45) is 10.9 Å². The van der Waals surface area contributed by atoms with Crippen molar-refractivity contribution in [3.63, 3.8) is 0 Å². The summed E-state index contributed by atoms with van der Waals surface area (Å²) in [5, 5.41) is 15.3. The van der Waals surface area contributed by atoms with Crippen LogP contribution in [0, 0.1) is 0 Å². The van der Waals surface area contributed by atoms with Crippen LogP contribution in [-0.4, -0.2) is 49.2 Å². The van der Waals surface area contributed by atoms with E-state index in [0.29, 0.717) is 11.3 Å². The number of nitrogens with zero attached hydrogens (tertiary/aromatic N) is 2. The predicted octanol–water partition coefficient (Wildman–Crippen LogP) is 0.975. The Balaban J connectivity index is 1.87. The van der Waals surface area contributed by atoms with Crippen molar-refractivity contribution in [2.45, 2.75) is 19.4 Å². The number of rotatable bonds is 7. The smallest absolute Gasteiger partial charge is 0.173 e. The number of likely N-dealkylation sites (tertiary alicyclic amines) is 1. The molecule has 1 aromatic carbocycles. The third kappa shape index (κ3) is 4.34. The Labute approximate surface area is 125 Å². The summed E-state index contributed by atoms with van der Waals surface area (Å²) in [6.45, 7) is 5.24. The molecule has 0 atom stereocenters. The molecule has 0 spiro atoms. The van der Waals surface area contributed by atoms with Crippen LogP contribution in [-0.2, 0) is 6.54 Å². The van der Waals surface area contributed by atoms with Crippen molar-refractivity contribution in [1.29, 1.82) is 0 Å². The molecule has 0 bridgehead atoms. The molecule has 0 aliphatic carbocycles. The van der Waals surface area contributed by atoms with Gasteiger partial charge in [0.1, 0.15) is 5.75 Å². The van der Waals surface area contributed by atoms with Gasteiger partial charge >= 0.3 is 0 Å². The number of hydrogen-bond donors (Lipinski definition) is 3. The average molecular weight is 292 g/mol. The monoisotopic (exact) mass is 292 g/mol. The number of benzene rings is 1. The van der Waals surface area contributed by atoms with Crippen LogP contribution in [0.2, 0.25) is 0 Å². The molecule has 1 aliphatic heterocycles. The van der Waals surface area contributed by atoms with E-state index in [1.807, 2.05) is 18.2 Å². The zero-order chi connectivity index (χ0) is 15.1. The van der Waals surface area contributed by atoms with E-state index in [2.05, 4.69) is 15.4 Å². The minimum absolute atomic E-state index is 0.0609. The third-order valence-corrected chi connectivity index (χ3v) is 3.78. The zero-order valence-electron chi connectivity index (χ0n) is 12.5. The van der Waals surface area contributed by atoms with Crippen LogP contribution in [0.15, 0.2) is 23.4 Å². The molecule has 0 amide bonds. The van der Waals surface area contributed by atoms with Gasteiger partial charge in [-0.15, -0.1) is 0 Å². The number of hydrogen-bond acceptors (Lipinski definition) is 5. The molecule has 4 N–H and O–H groups in total. The first kappa shape index (κ1) is 15.6. The second kappa shape index (κ2) is 7.85. The highest BCUT2D eigenvalue weighted by molar-refractivity contribution is 5.99. The predicted molar refractivity (Wildman–Crippen MR) is 82.9 cm³/mol. The van der Waals surface area contributed by atoms with Crippen LogP contribution in [0.4, 0.5) is 0 Å². The maximum absolute atomic E-state index is 8.82. The Morgan fingerprint density at radius 1 is 1.43 bits per heavy atom. The lowest BCUT2D eigenvalue weighted by Crippen LogP contribution is -2.29. The van der Waals surface area contributed by atoms with Crippen molar-refractivity contribution in [2.75, 3.05) is 33.3 Å². The Hall–Kier alpha value is -1.79. The summed E-state index contributed by atoms with van der Waals surface area (Å²) in [4.78, 5) is 2.48. The lowest BCUT2D eigenvalue weighted by atomic mass is 10.1. The van der Waals surface area contributed by atoms with Crippen molar-refractivity contribution in [1.82, 2.24) is 10.2 Å². The van der Waals surface area contributed by atoms with Crippen LogP contribution >= 0.6 is 0 Å². The van der Waals surface area contributed by atoms with E-state index in [0.717, 1.165) is 25.2 Å². The topological polar surface area (TPSA) is 83.1 Å². The van der Waals surface area contributed by atoms with Gasteiger partial charge in [-0.3, -0.25) is 0 Å². The molecule has 1 aromatic rings. The van der Waals surface area contributed by atoms with Crippen molar-refractivity contribution in [3.8, 4) is 5.75 Å². The normalized spacial score (nSPS) is 16.3. The van der Waals surface area contributed by atoms with Crippen LogP contribution in [0.25, 0.3) is 0 Å². The van der Waals surface area contributed by atoms with Crippen LogP contribution < -0.4 is 15.8 Å². The number of methoxy groups -OCH3 is 1. The van der Waals surface area contributed by atoms with Crippen LogP contribution in [0.1, 0.15) is 24.0 Å². The highest BCUT2D eigenvalue weighted by Crippen LogP contribution is 2.19. The van der Waals surface area contributed by atoms with Crippen molar-refractivity contribution >= 4 is 5.84 Å². The van der Waals surface area contributed by atoms with Gasteiger partial charge in [-0.1, -0.05) is 11.2 Å². The fraction of sp³-hybridized carbons (Fsp3) is 0.533. The minimum atomic E-state index is 0.0609. The summed E-state index contributed by atoms with van der Waals surface area (Å²) < 4.78 is 5.22. The summed E-state index contributed by atoms with van der Waals surface area (Å²) in [5.74, 6) is 0.664. The first-order chi connectivity index (χ1) is 10.2. The van der Waals surface area contributed by atoms with Gasteiger partial charge in [0.05, 0.1) is 12.7 Å². The first-order valence-corrected chi connectivity index (χ1v) is 7.32. The summed E-state index contributed by atoms with van der Waals surface area (Å²) in [7, 11) is 1.57. The molecular weight excluding hydrogens is 268 g/mol. The van der Waals surface area contributed by atoms with Gasteiger partial charge in [-0.05, 0) is 43.6 Å². The number of ether oxygens (including phenoxy) is 1. The van der Waals surface area contributed by atoms with Gasteiger partial charge in [-0.2, -0.15) is 0 Å². The highest BCUT2D eigenvalue weighted by Gasteiger charge is 2.11. The molecule has 0 unspecified atom stereocenters. The van der Waals surface area contributed by atoms with E-state index in [1.165, 1.54) is 25.9 Å².